The molecule has 88 valence electrons. The molecule has 1 aromatic heterocycles. The number of nitrogens with zero attached hydrogens (tertiary/aromatic N) is 3. The van der Waals surface area contributed by atoms with Crippen LogP contribution in [0, 0.1) is 5.82 Å². The second-order valence-electron chi connectivity index (χ2n) is 3.40. The molecular formula is C11H10FN3O2. The van der Waals surface area contributed by atoms with Crippen LogP contribution in [0.15, 0.2) is 30.6 Å². The molecule has 0 aliphatic carbocycles. The number of benzene rings is 1. The molecule has 0 amide bonds. The summed E-state index contributed by atoms with van der Waals surface area (Å²) >= 11 is 0. The van der Waals surface area contributed by atoms with Crippen LogP contribution in [0.4, 0.5) is 4.39 Å². The quantitative estimate of drug-likeness (QED) is 0.751. The van der Waals surface area contributed by atoms with Crippen LogP contribution in [0.5, 0.6) is 0 Å². The molecule has 1 aromatic carbocycles. The Balaban J connectivity index is 2.23. The van der Waals surface area contributed by atoms with Gasteiger partial charge in [-0.25, -0.2) is 13.9 Å². The van der Waals surface area contributed by atoms with Gasteiger partial charge in [-0.15, -0.1) is 5.10 Å². The zero-order valence-electron chi connectivity index (χ0n) is 9.13. The second-order valence-corrected chi connectivity index (χ2v) is 3.40. The fraction of sp³-hybridized carbons (Fsp3) is 0.182. The third kappa shape index (κ3) is 2.47. The van der Waals surface area contributed by atoms with Crippen molar-refractivity contribution in [2.75, 3.05) is 7.11 Å². The molecule has 6 heteroatoms. The third-order valence-electron chi connectivity index (χ3n) is 2.28. The molecular weight excluding hydrogens is 225 g/mol. The predicted octanol–water partition coefficient (Wildman–Crippen LogP) is 1.25. The number of ether oxygens (including phenoxy) is 1. The van der Waals surface area contributed by atoms with Gasteiger partial charge in [0.1, 0.15) is 5.82 Å². The molecule has 5 nitrogen and oxygen atoms in total. The van der Waals surface area contributed by atoms with E-state index in [1.807, 2.05) is 0 Å². The Labute approximate surface area is 96.8 Å². The molecule has 1 heterocycles. The molecule has 0 fully saturated rings. The summed E-state index contributed by atoms with van der Waals surface area (Å²) in [6, 6.07) is 4.20. The molecule has 0 spiro atoms. The highest BCUT2D eigenvalue weighted by Gasteiger charge is 2.10. The normalized spacial score (nSPS) is 10.2. The summed E-state index contributed by atoms with van der Waals surface area (Å²) in [5.74, 6) is -1.03. The first-order chi connectivity index (χ1) is 8.20. The molecule has 0 saturated carbocycles. The molecule has 17 heavy (non-hydrogen) atoms. The van der Waals surface area contributed by atoms with E-state index in [2.05, 4.69) is 15.0 Å². The number of methoxy groups -OCH3 is 1. The van der Waals surface area contributed by atoms with Gasteiger partial charge in [0.15, 0.2) is 0 Å². The maximum Gasteiger partial charge on any atom is 0.337 e. The number of halogens is 1. The number of esters is 1. The first kappa shape index (κ1) is 11.3. The molecule has 0 N–H and O–H groups in total. The van der Waals surface area contributed by atoms with Crippen molar-refractivity contribution in [1.82, 2.24) is 15.0 Å². The predicted molar refractivity (Wildman–Crippen MR) is 56.9 cm³/mol. The zero-order valence-corrected chi connectivity index (χ0v) is 9.13. The topological polar surface area (TPSA) is 57.0 Å². The first-order valence-electron chi connectivity index (χ1n) is 4.91. The highest BCUT2D eigenvalue weighted by atomic mass is 19.1. The third-order valence-corrected chi connectivity index (χ3v) is 2.28. The van der Waals surface area contributed by atoms with E-state index in [0.717, 1.165) is 6.07 Å². The van der Waals surface area contributed by atoms with Crippen molar-refractivity contribution >= 4 is 5.97 Å². The highest BCUT2D eigenvalue weighted by molar-refractivity contribution is 5.89. The number of rotatable bonds is 3. The lowest BCUT2D eigenvalue weighted by Gasteiger charge is -2.05. The van der Waals surface area contributed by atoms with E-state index in [1.54, 1.807) is 6.20 Å². The van der Waals surface area contributed by atoms with E-state index in [9.17, 15) is 9.18 Å². The lowest BCUT2D eigenvalue weighted by atomic mass is 10.1. The van der Waals surface area contributed by atoms with E-state index in [1.165, 1.54) is 30.1 Å². The van der Waals surface area contributed by atoms with Crippen LogP contribution < -0.4 is 0 Å². The fourth-order valence-corrected chi connectivity index (χ4v) is 1.41. The molecule has 2 rings (SSSR count). The first-order valence-corrected chi connectivity index (χ1v) is 4.91. The maximum absolute atomic E-state index is 13.7. The van der Waals surface area contributed by atoms with Gasteiger partial charge < -0.3 is 4.74 Å². The molecule has 0 unspecified atom stereocenters. The Morgan fingerprint density at radius 1 is 1.53 bits per heavy atom. The van der Waals surface area contributed by atoms with Gasteiger partial charge in [0.25, 0.3) is 0 Å². The number of carbonyl (C=O) groups excluding carboxylic acids is 1. The van der Waals surface area contributed by atoms with Crippen LogP contribution in [0.1, 0.15) is 15.9 Å². The summed E-state index contributed by atoms with van der Waals surface area (Å²) in [5.41, 5.74) is 0.621. The average molecular weight is 235 g/mol. The van der Waals surface area contributed by atoms with Crippen LogP contribution in [0.25, 0.3) is 0 Å². The summed E-state index contributed by atoms with van der Waals surface area (Å²) in [7, 11) is 1.25. The maximum atomic E-state index is 13.7. The van der Waals surface area contributed by atoms with Crippen molar-refractivity contribution in [3.8, 4) is 0 Å². The highest BCUT2D eigenvalue weighted by Crippen LogP contribution is 2.12. The molecule has 0 aliphatic rings. The Bertz CT molecular complexity index is 526. The van der Waals surface area contributed by atoms with E-state index < -0.39 is 11.8 Å². The van der Waals surface area contributed by atoms with Crippen molar-refractivity contribution in [3.63, 3.8) is 0 Å². The molecule has 0 saturated heterocycles. The lowest BCUT2D eigenvalue weighted by Crippen LogP contribution is -2.06. The summed E-state index contributed by atoms with van der Waals surface area (Å²) in [4.78, 5) is 11.2. The number of aromatic nitrogens is 3. The van der Waals surface area contributed by atoms with Crippen LogP contribution in [-0.2, 0) is 11.3 Å². The number of hydrogen-bond donors (Lipinski definition) is 0. The van der Waals surface area contributed by atoms with E-state index in [0.29, 0.717) is 5.56 Å². The minimum atomic E-state index is -0.559. The largest absolute Gasteiger partial charge is 0.465 e. The van der Waals surface area contributed by atoms with Crippen molar-refractivity contribution in [2.45, 2.75) is 6.54 Å². The van der Waals surface area contributed by atoms with Crippen LogP contribution >= 0.6 is 0 Å². The molecule has 0 radical (unpaired) electrons. The van der Waals surface area contributed by atoms with Gasteiger partial charge in [-0.3, -0.25) is 0 Å². The van der Waals surface area contributed by atoms with Gasteiger partial charge in [0.2, 0.25) is 0 Å². The van der Waals surface area contributed by atoms with Gasteiger partial charge in [-0.05, 0) is 12.1 Å². The van der Waals surface area contributed by atoms with Crippen LogP contribution in [0.2, 0.25) is 0 Å². The van der Waals surface area contributed by atoms with Gasteiger partial charge in [0.05, 0.1) is 25.4 Å². The van der Waals surface area contributed by atoms with E-state index in [4.69, 9.17) is 0 Å². The standard InChI is InChI=1S/C11H10FN3O2/c1-17-11(16)8-2-3-9(10(12)6-8)7-15-5-4-13-14-15/h2-6H,7H2,1H3. The zero-order chi connectivity index (χ0) is 12.3. The Kier molecular flexibility index (Phi) is 3.13. The van der Waals surface area contributed by atoms with Gasteiger partial charge in [-0.1, -0.05) is 11.3 Å². The average Bonchev–Trinajstić information content (AvgIpc) is 2.83. The van der Waals surface area contributed by atoms with E-state index in [-0.39, 0.29) is 12.1 Å². The van der Waals surface area contributed by atoms with Crippen LogP contribution in [-0.4, -0.2) is 28.1 Å². The summed E-state index contributed by atoms with van der Waals surface area (Å²) in [5, 5.41) is 7.36. The van der Waals surface area contributed by atoms with Crippen molar-refractivity contribution in [1.29, 1.82) is 0 Å². The minimum Gasteiger partial charge on any atom is -0.465 e. The smallest absolute Gasteiger partial charge is 0.337 e. The lowest BCUT2D eigenvalue weighted by molar-refractivity contribution is 0.0600. The van der Waals surface area contributed by atoms with Crippen molar-refractivity contribution < 1.29 is 13.9 Å². The summed E-state index contributed by atoms with van der Waals surface area (Å²) in [6.45, 7) is 0.271. The van der Waals surface area contributed by atoms with Crippen LogP contribution in [0.3, 0.4) is 0 Å². The summed E-state index contributed by atoms with van der Waals surface area (Å²) in [6.07, 6.45) is 3.15. The Morgan fingerprint density at radius 3 is 2.94 bits per heavy atom. The monoisotopic (exact) mass is 235 g/mol. The molecule has 0 bridgehead atoms. The SMILES string of the molecule is COC(=O)c1ccc(Cn2ccnn2)c(F)c1. The fourth-order valence-electron chi connectivity index (χ4n) is 1.41. The number of hydrogen-bond acceptors (Lipinski definition) is 4. The van der Waals surface area contributed by atoms with Gasteiger partial charge >= 0.3 is 5.97 Å². The molecule has 2 aromatic rings. The van der Waals surface area contributed by atoms with E-state index >= 15 is 0 Å². The van der Waals surface area contributed by atoms with Gasteiger partial charge in [-0.2, -0.15) is 0 Å². The number of carbonyl (C=O) groups is 1. The summed E-state index contributed by atoms with van der Waals surface area (Å²) < 4.78 is 19.7. The second kappa shape index (κ2) is 4.73. The van der Waals surface area contributed by atoms with Crippen molar-refractivity contribution in [3.05, 3.63) is 47.5 Å². The minimum absolute atomic E-state index is 0.187. The van der Waals surface area contributed by atoms with Crippen molar-refractivity contribution in [2.24, 2.45) is 0 Å². The molecule has 0 atom stereocenters. The van der Waals surface area contributed by atoms with Gasteiger partial charge in [0, 0.05) is 11.8 Å². The Hall–Kier alpha value is -2.24. The Morgan fingerprint density at radius 2 is 2.35 bits per heavy atom. The molecule has 0 aliphatic heterocycles.